The summed E-state index contributed by atoms with van der Waals surface area (Å²) in [5, 5.41) is 3.34. The summed E-state index contributed by atoms with van der Waals surface area (Å²) in [6.45, 7) is 1.12. The third-order valence-corrected chi connectivity index (χ3v) is 5.47. The maximum Gasteiger partial charge on any atom is 0.253 e. The first-order valence-corrected chi connectivity index (χ1v) is 9.24. The zero-order chi connectivity index (χ0) is 18.3. The van der Waals surface area contributed by atoms with E-state index in [4.69, 9.17) is 5.73 Å². The van der Waals surface area contributed by atoms with Crippen LogP contribution in [-0.2, 0) is 0 Å². The number of amidine groups is 1. The van der Waals surface area contributed by atoms with Crippen molar-refractivity contribution in [2.24, 2.45) is 10.7 Å². The van der Waals surface area contributed by atoms with Gasteiger partial charge in [0.05, 0.1) is 5.56 Å². The predicted molar refractivity (Wildman–Crippen MR) is 103 cm³/mol. The molecule has 5 nitrogen and oxygen atoms in total. The van der Waals surface area contributed by atoms with Crippen LogP contribution in [0.4, 0.5) is 10.1 Å². The SMILES string of the molecule is NC1=NC2(CCN(C(=O)c3ccc(Br)cc3)CC2)Nc2cccc(F)c21. The van der Waals surface area contributed by atoms with E-state index in [0.717, 1.165) is 4.47 Å². The number of halogens is 2. The largest absolute Gasteiger partial charge is 0.383 e. The third kappa shape index (κ3) is 2.96. The Morgan fingerprint density at radius 3 is 2.58 bits per heavy atom. The van der Waals surface area contributed by atoms with Crippen LogP contribution in [0.5, 0.6) is 0 Å². The Morgan fingerprint density at radius 1 is 1.19 bits per heavy atom. The first kappa shape index (κ1) is 17.0. The Morgan fingerprint density at radius 2 is 1.88 bits per heavy atom. The smallest absolute Gasteiger partial charge is 0.253 e. The van der Waals surface area contributed by atoms with Gasteiger partial charge in [0.15, 0.2) is 0 Å². The summed E-state index contributed by atoms with van der Waals surface area (Å²) in [7, 11) is 0. The number of carbonyl (C=O) groups is 1. The maximum atomic E-state index is 14.0. The minimum atomic E-state index is -0.582. The van der Waals surface area contributed by atoms with E-state index in [1.807, 2.05) is 29.2 Å². The number of hydrogen-bond acceptors (Lipinski definition) is 4. The van der Waals surface area contributed by atoms with Crippen molar-refractivity contribution in [2.45, 2.75) is 18.5 Å². The number of nitrogens with zero attached hydrogens (tertiary/aromatic N) is 2. The molecule has 1 saturated heterocycles. The molecule has 1 fully saturated rings. The number of aliphatic imine (C=N–C) groups is 1. The van der Waals surface area contributed by atoms with Crippen molar-refractivity contribution in [2.75, 3.05) is 18.4 Å². The Hall–Kier alpha value is -2.41. The molecule has 1 amide bonds. The molecule has 0 radical (unpaired) electrons. The number of benzene rings is 2. The third-order valence-electron chi connectivity index (χ3n) is 4.94. The van der Waals surface area contributed by atoms with Gasteiger partial charge in [-0.05, 0) is 36.4 Å². The van der Waals surface area contributed by atoms with E-state index < -0.39 is 5.66 Å². The van der Waals surface area contributed by atoms with Gasteiger partial charge in [-0.25, -0.2) is 9.38 Å². The van der Waals surface area contributed by atoms with E-state index in [9.17, 15) is 9.18 Å². The van der Waals surface area contributed by atoms with Gasteiger partial charge < -0.3 is 16.0 Å². The lowest BCUT2D eigenvalue weighted by Gasteiger charge is -2.42. The second-order valence-corrected chi connectivity index (χ2v) is 7.53. The molecule has 2 aliphatic rings. The summed E-state index contributed by atoms with van der Waals surface area (Å²) in [5.41, 5.74) is 7.10. The van der Waals surface area contributed by atoms with Gasteiger partial charge in [0.1, 0.15) is 17.3 Å². The number of amides is 1. The van der Waals surface area contributed by atoms with Crippen LogP contribution in [0.25, 0.3) is 0 Å². The molecule has 2 aliphatic heterocycles. The molecule has 2 heterocycles. The van der Waals surface area contributed by atoms with E-state index in [1.54, 1.807) is 12.1 Å². The molecule has 2 aromatic carbocycles. The minimum Gasteiger partial charge on any atom is -0.383 e. The fraction of sp³-hybridized carbons (Fsp3) is 0.263. The molecule has 0 aliphatic carbocycles. The monoisotopic (exact) mass is 416 g/mol. The van der Waals surface area contributed by atoms with Gasteiger partial charge in [-0.1, -0.05) is 22.0 Å². The number of nitrogens with one attached hydrogen (secondary N) is 1. The first-order valence-electron chi connectivity index (χ1n) is 8.45. The molecular formula is C19H18BrFN4O. The van der Waals surface area contributed by atoms with Crippen molar-refractivity contribution in [3.63, 3.8) is 0 Å². The van der Waals surface area contributed by atoms with Crippen LogP contribution >= 0.6 is 15.9 Å². The summed E-state index contributed by atoms with van der Waals surface area (Å²) < 4.78 is 14.9. The van der Waals surface area contributed by atoms with Gasteiger partial charge in [-0.2, -0.15) is 0 Å². The highest BCUT2D eigenvalue weighted by atomic mass is 79.9. The summed E-state index contributed by atoms with van der Waals surface area (Å²) in [4.78, 5) is 19.0. The van der Waals surface area contributed by atoms with Gasteiger partial charge >= 0.3 is 0 Å². The quantitative estimate of drug-likeness (QED) is 0.748. The summed E-state index contributed by atoms with van der Waals surface area (Å²) >= 11 is 3.38. The summed E-state index contributed by atoms with van der Waals surface area (Å²) in [6, 6.07) is 12.2. The molecule has 2 aromatic rings. The average molecular weight is 417 g/mol. The van der Waals surface area contributed by atoms with Crippen molar-refractivity contribution in [1.29, 1.82) is 0 Å². The number of piperidine rings is 1. The lowest BCUT2D eigenvalue weighted by Crippen LogP contribution is -2.52. The fourth-order valence-electron chi connectivity index (χ4n) is 3.55. The number of fused-ring (bicyclic) bond motifs is 1. The fourth-order valence-corrected chi connectivity index (χ4v) is 3.81. The number of rotatable bonds is 1. The van der Waals surface area contributed by atoms with Crippen LogP contribution in [0.3, 0.4) is 0 Å². The summed E-state index contributed by atoms with van der Waals surface area (Å²) in [6.07, 6.45) is 1.23. The normalized spacial score (nSPS) is 18.1. The Bertz CT molecular complexity index is 889. The second-order valence-electron chi connectivity index (χ2n) is 6.62. The van der Waals surface area contributed by atoms with Gasteiger partial charge in [0, 0.05) is 41.7 Å². The van der Waals surface area contributed by atoms with E-state index in [1.165, 1.54) is 6.07 Å². The van der Waals surface area contributed by atoms with Gasteiger partial charge in [0.25, 0.3) is 5.91 Å². The first-order chi connectivity index (χ1) is 12.5. The van der Waals surface area contributed by atoms with E-state index in [-0.39, 0.29) is 17.6 Å². The Labute approximate surface area is 159 Å². The Balaban J connectivity index is 1.51. The zero-order valence-electron chi connectivity index (χ0n) is 14.0. The van der Waals surface area contributed by atoms with E-state index >= 15 is 0 Å². The summed E-state index contributed by atoms with van der Waals surface area (Å²) in [5.74, 6) is -0.162. The molecule has 0 atom stereocenters. The number of likely N-dealkylation sites (tertiary alicyclic amines) is 1. The van der Waals surface area contributed by atoms with Crippen LogP contribution in [-0.4, -0.2) is 35.4 Å². The molecule has 1 spiro atoms. The second kappa shape index (κ2) is 6.39. The van der Waals surface area contributed by atoms with Crippen LogP contribution in [0.15, 0.2) is 51.9 Å². The van der Waals surface area contributed by atoms with Crippen molar-refractivity contribution >= 4 is 33.4 Å². The van der Waals surface area contributed by atoms with Crippen molar-refractivity contribution in [1.82, 2.24) is 4.90 Å². The van der Waals surface area contributed by atoms with Crippen molar-refractivity contribution in [3.05, 3.63) is 63.9 Å². The Kier molecular flexibility index (Phi) is 4.19. The van der Waals surface area contributed by atoms with Gasteiger partial charge in [-0.3, -0.25) is 4.79 Å². The minimum absolute atomic E-state index is 0.00607. The van der Waals surface area contributed by atoms with Gasteiger partial charge in [0.2, 0.25) is 0 Å². The lowest BCUT2D eigenvalue weighted by atomic mass is 9.93. The predicted octanol–water partition coefficient (Wildman–Crippen LogP) is 3.35. The maximum absolute atomic E-state index is 14.0. The van der Waals surface area contributed by atoms with Crippen LogP contribution in [0, 0.1) is 5.82 Å². The van der Waals surface area contributed by atoms with Gasteiger partial charge in [-0.15, -0.1) is 0 Å². The van der Waals surface area contributed by atoms with E-state index in [2.05, 4.69) is 26.2 Å². The highest BCUT2D eigenvalue weighted by molar-refractivity contribution is 9.10. The number of nitrogens with two attached hydrogens (primary N) is 1. The molecule has 0 bridgehead atoms. The zero-order valence-corrected chi connectivity index (χ0v) is 15.6. The molecule has 26 heavy (non-hydrogen) atoms. The standard InChI is InChI=1S/C19H18BrFN4O/c20-13-6-4-12(5-7-13)18(26)25-10-8-19(9-11-25)23-15-3-1-2-14(21)16(15)17(22)24-19/h1-7,23H,8-11H2,(H2,22,24). The van der Waals surface area contributed by atoms with Crippen molar-refractivity contribution in [3.8, 4) is 0 Å². The van der Waals surface area contributed by atoms with Crippen LogP contribution in [0.2, 0.25) is 0 Å². The van der Waals surface area contributed by atoms with Crippen molar-refractivity contribution < 1.29 is 9.18 Å². The van der Waals surface area contributed by atoms with E-state index in [0.29, 0.717) is 42.7 Å². The highest BCUT2D eigenvalue weighted by Crippen LogP contribution is 2.35. The molecule has 0 aromatic heterocycles. The molecule has 0 saturated carbocycles. The number of anilines is 1. The molecule has 134 valence electrons. The molecule has 7 heteroatoms. The van der Waals surface area contributed by atoms with Crippen LogP contribution in [0.1, 0.15) is 28.8 Å². The molecule has 4 rings (SSSR count). The molecule has 0 unspecified atom stereocenters. The topological polar surface area (TPSA) is 70.7 Å². The number of carbonyl (C=O) groups excluding carboxylic acids is 1. The number of hydrogen-bond donors (Lipinski definition) is 2. The molecule has 3 N–H and O–H groups in total. The highest BCUT2D eigenvalue weighted by Gasteiger charge is 2.39. The van der Waals surface area contributed by atoms with Crippen LogP contribution < -0.4 is 11.1 Å². The lowest BCUT2D eigenvalue weighted by molar-refractivity contribution is 0.0685. The molecular weight excluding hydrogens is 399 g/mol. The average Bonchev–Trinajstić information content (AvgIpc) is 2.62.